The number of rotatable bonds is 5. The number of hydrogen-bond acceptors (Lipinski definition) is 3. The highest BCUT2D eigenvalue weighted by atomic mass is 79.9. The van der Waals surface area contributed by atoms with E-state index in [0.29, 0.717) is 11.2 Å². The third kappa shape index (κ3) is 3.95. The number of halogens is 2. The summed E-state index contributed by atoms with van der Waals surface area (Å²) >= 11 is 6.68. The molecule has 0 aliphatic carbocycles. The molecule has 0 spiro atoms. The Morgan fingerprint density at radius 3 is 2.81 bits per heavy atom. The van der Waals surface area contributed by atoms with Crippen LogP contribution in [0.3, 0.4) is 0 Å². The van der Waals surface area contributed by atoms with Gasteiger partial charge in [0.05, 0.1) is 10.5 Å². The number of nitrogens with two attached hydrogens (primary N) is 1. The SMILES string of the molecule is CC#CCCNC(CN)c1cc(Br)c(Br)o1. The van der Waals surface area contributed by atoms with E-state index in [-0.39, 0.29) is 6.04 Å². The van der Waals surface area contributed by atoms with Crippen molar-refractivity contribution in [3.8, 4) is 11.8 Å². The highest BCUT2D eigenvalue weighted by Crippen LogP contribution is 2.29. The minimum atomic E-state index is 0.0289. The zero-order valence-electron chi connectivity index (χ0n) is 9.02. The van der Waals surface area contributed by atoms with E-state index in [1.165, 1.54) is 0 Å². The Kier molecular flexibility index (Phi) is 6.14. The fraction of sp³-hybridized carbons (Fsp3) is 0.455. The van der Waals surface area contributed by atoms with Crippen LogP contribution >= 0.6 is 31.9 Å². The van der Waals surface area contributed by atoms with Gasteiger partial charge in [0.2, 0.25) is 0 Å². The summed E-state index contributed by atoms with van der Waals surface area (Å²) in [7, 11) is 0. The van der Waals surface area contributed by atoms with E-state index in [2.05, 4.69) is 49.0 Å². The van der Waals surface area contributed by atoms with Gasteiger partial charge in [-0.15, -0.1) is 11.8 Å². The Labute approximate surface area is 112 Å². The van der Waals surface area contributed by atoms with Crippen LogP contribution in [0, 0.1) is 11.8 Å². The normalized spacial score (nSPS) is 12.0. The molecule has 0 saturated carbocycles. The van der Waals surface area contributed by atoms with Gasteiger partial charge in [0, 0.05) is 19.5 Å². The molecular weight excluding hydrogens is 336 g/mol. The minimum Gasteiger partial charge on any atom is -0.451 e. The average Bonchev–Trinajstić information content (AvgIpc) is 2.59. The second-order valence-electron chi connectivity index (χ2n) is 3.19. The molecule has 3 N–H and O–H groups in total. The maximum absolute atomic E-state index is 5.69. The van der Waals surface area contributed by atoms with Gasteiger partial charge in [-0.1, -0.05) is 0 Å². The van der Waals surface area contributed by atoms with Gasteiger partial charge in [0.1, 0.15) is 5.76 Å². The molecule has 88 valence electrons. The predicted octanol–water partition coefficient (Wildman–Crippen LogP) is 2.81. The molecule has 0 bridgehead atoms. The number of nitrogens with one attached hydrogen (secondary N) is 1. The zero-order valence-corrected chi connectivity index (χ0v) is 12.2. The molecule has 1 atom stereocenters. The third-order valence-corrected chi connectivity index (χ3v) is 3.77. The molecule has 5 heteroatoms. The Morgan fingerprint density at radius 2 is 2.31 bits per heavy atom. The molecular formula is C11H14Br2N2O. The maximum Gasteiger partial charge on any atom is 0.183 e. The van der Waals surface area contributed by atoms with Gasteiger partial charge in [-0.3, -0.25) is 0 Å². The molecule has 0 amide bonds. The van der Waals surface area contributed by atoms with Gasteiger partial charge in [-0.25, -0.2) is 0 Å². The monoisotopic (exact) mass is 348 g/mol. The lowest BCUT2D eigenvalue weighted by Gasteiger charge is -2.12. The van der Waals surface area contributed by atoms with Crippen LogP contribution in [0.15, 0.2) is 19.6 Å². The van der Waals surface area contributed by atoms with E-state index in [0.717, 1.165) is 23.2 Å². The topological polar surface area (TPSA) is 51.2 Å². The Hall–Kier alpha value is -0.280. The average molecular weight is 350 g/mol. The Balaban J connectivity index is 2.55. The smallest absolute Gasteiger partial charge is 0.183 e. The van der Waals surface area contributed by atoms with E-state index >= 15 is 0 Å². The summed E-state index contributed by atoms with van der Waals surface area (Å²) < 4.78 is 7.11. The third-order valence-electron chi connectivity index (χ3n) is 2.06. The van der Waals surface area contributed by atoms with Gasteiger partial charge in [0.25, 0.3) is 0 Å². The van der Waals surface area contributed by atoms with Crippen molar-refractivity contribution in [1.82, 2.24) is 5.32 Å². The summed E-state index contributed by atoms with van der Waals surface area (Å²) in [5, 5.41) is 3.30. The summed E-state index contributed by atoms with van der Waals surface area (Å²) in [5.74, 6) is 6.67. The van der Waals surface area contributed by atoms with Crippen molar-refractivity contribution in [3.63, 3.8) is 0 Å². The summed E-state index contributed by atoms with van der Waals surface area (Å²) in [6.45, 7) is 3.13. The number of furan rings is 1. The van der Waals surface area contributed by atoms with Crippen LogP contribution in [-0.2, 0) is 0 Å². The lowest BCUT2D eigenvalue weighted by atomic mass is 10.2. The maximum atomic E-state index is 5.69. The van der Waals surface area contributed by atoms with Gasteiger partial charge >= 0.3 is 0 Å². The summed E-state index contributed by atoms with van der Waals surface area (Å²) in [4.78, 5) is 0. The van der Waals surface area contributed by atoms with Crippen molar-refractivity contribution in [1.29, 1.82) is 0 Å². The molecule has 0 aliphatic rings. The minimum absolute atomic E-state index is 0.0289. The summed E-state index contributed by atoms with van der Waals surface area (Å²) in [5.41, 5.74) is 5.69. The van der Waals surface area contributed by atoms with E-state index in [1.807, 2.05) is 13.0 Å². The van der Waals surface area contributed by atoms with E-state index in [9.17, 15) is 0 Å². The Bertz CT molecular complexity index is 373. The van der Waals surface area contributed by atoms with Gasteiger partial charge in [-0.05, 0) is 44.8 Å². The van der Waals surface area contributed by atoms with E-state index in [4.69, 9.17) is 10.2 Å². The van der Waals surface area contributed by atoms with Crippen molar-refractivity contribution in [2.75, 3.05) is 13.1 Å². The first kappa shape index (κ1) is 13.8. The molecule has 0 aliphatic heterocycles. The first-order chi connectivity index (χ1) is 7.69. The molecule has 1 aromatic rings. The molecule has 16 heavy (non-hydrogen) atoms. The second-order valence-corrected chi connectivity index (χ2v) is 4.76. The molecule has 0 saturated heterocycles. The van der Waals surface area contributed by atoms with Crippen LogP contribution in [0.4, 0.5) is 0 Å². The molecule has 0 aromatic carbocycles. The molecule has 1 aromatic heterocycles. The Morgan fingerprint density at radius 1 is 1.56 bits per heavy atom. The molecule has 1 unspecified atom stereocenters. The summed E-state index contributed by atoms with van der Waals surface area (Å²) in [6.07, 6.45) is 0.816. The van der Waals surface area contributed by atoms with Crippen LogP contribution in [0.25, 0.3) is 0 Å². The van der Waals surface area contributed by atoms with Gasteiger partial charge in [-0.2, -0.15) is 0 Å². The van der Waals surface area contributed by atoms with Crippen molar-refractivity contribution >= 4 is 31.9 Å². The van der Waals surface area contributed by atoms with Crippen LogP contribution in [0.5, 0.6) is 0 Å². The lowest BCUT2D eigenvalue weighted by molar-refractivity contribution is 0.408. The van der Waals surface area contributed by atoms with Crippen molar-refractivity contribution in [3.05, 3.63) is 21.0 Å². The van der Waals surface area contributed by atoms with E-state index < -0.39 is 0 Å². The highest BCUT2D eigenvalue weighted by molar-refractivity contribution is 9.13. The fourth-order valence-electron chi connectivity index (χ4n) is 1.27. The molecule has 0 radical (unpaired) electrons. The molecule has 1 heterocycles. The van der Waals surface area contributed by atoms with Crippen LogP contribution < -0.4 is 11.1 Å². The van der Waals surface area contributed by atoms with Crippen molar-refractivity contribution in [2.24, 2.45) is 5.73 Å². The van der Waals surface area contributed by atoms with E-state index in [1.54, 1.807) is 0 Å². The van der Waals surface area contributed by atoms with Crippen LogP contribution in [0.2, 0.25) is 0 Å². The molecule has 1 rings (SSSR count). The quantitative estimate of drug-likeness (QED) is 0.634. The first-order valence-corrected chi connectivity index (χ1v) is 6.55. The predicted molar refractivity (Wildman–Crippen MR) is 72.0 cm³/mol. The first-order valence-electron chi connectivity index (χ1n) is 4.96. The van der Waals surface area contributed by atoms with Crippen molar-refractivity contribution < 1.29 is 4.42 Å². The highest BCUT2D eigenvalue weighted by Gasteiger charge is 2.15. The second kappa shape index (κ2) is 7.13. The zero-order chi connectivity index (χ0) is 12.0. The largest absolute Gasteiger partial charge is 0.451 e. The van der Waals surface area contributed by atoms with Gasteiger partial charge < -0.3 is 15.5 Å². The van der Waals surface area contributed by atoms with Gasteiger partial charge in [0.15, 0.2) is 4.67 Å². The molecule has 0 fully saturated rings. The van der Waals surface area contributed by atoms with Crippen molar-refractivity contribution in [2.45, 2.75) is 19.4 Å². The fourth-order valence-corrected chi connectivity index (χ4v) is 1.88. The number of hydrogen-bond donors (Lipinski definition) is 2. The lowest BCUT2D eigenvalue weighted by Crippen LogP contribution is -2.28. The standard InChI is InChI=1S/C11H14Br2N2O/c1-2-3-4-5-15-9(7-14)10-6-8(12)11(13)16-10/h6,9,15H,4-5,7,14H2,1H3. The van der Waals surface area contributed by atoms with Crippen LogP contribution in [0.1, 0.15) is 25.1 Å². The molecule has 3 nitrogen and oxygen atoms in total. The summed E-state index contributed by atoms with van der Waals surface area (Å²) in [6, 6.07) is 1.95. The van der Waals surface area contributed by atoms with Crippen LogP contribution in [-0.4, -0.2) is 13.1 Å².